The van der Waals surface area contributed by atoms with Gasteiger partial charge in [0.25, 0.3) is 5.56 Å². The van der Waals surface area contributed by atoms with Gasteiger partial charge >= 0.3 is 0 Å². The SMILES string of the molecule is CC(C)CN(CC(C)C)C(=O)CS[C@H](C)c1nc2scc(-c3cccs3)c2c(=O)[nH]1. The zero-order valence-electron chi connectivity index (χ0n) is 18.1. The van der Waals surface area contributed by atoms with Crippen molar-refractivity contribution in [2.24, 2.45) is 11.8 Å². The van der Waals surface area contributed by atoms with Gasteiger partial charge < -0.3 is 9.88 Å². The van der Waals surface area contributed by atoms with Gasteiger partial charge in [-0.2, -0.15) is 0 Å². The minimum atomic E-state index is -0.111. The molecule has 3 aromatic rings. The molecule has 0 aliphatic heterocycles. The van der Waals surface area contributed by atoms with E-state index < -0.39 is 0 Å². The van der Waals surface area contributed by atoms with Gasteiger partial charge in [-0.1, -0.05) is 33.8 Å². The number of rotatable bonds is 9. The van der Waals surface area contributed by atoms with Crippen LogP contribution in [0.4, 0.5) is 0 Å². The third-order valence-corrected chi connectivity index (χ3v) is 7.53. The standard InChI is InChI=1S/C22H29N3O2S3/c1-13(2)9-25(10-14(3)4)18(26)12-29-15(5)20-23-21(27)19-16(11-30-22(19)24-20)17-7-6-8-28-17/h6-8,11,13-15H,9-10,12H2,1-5H3,(H,23,24,27)/t15-/m1/s1. The molecular weight excluding hydrogens is 434 g/mol. The molecule has 3 rings (SSSR count). The fourth-order valence-corrected chi connectivity index (χ4v) is 5.91. The molecule has 0 saturated carbocycles. The lowest BCUT2D eigenvalue weighted by Crippen LogP contribution is -2.38. The number of hydrogen-bond acceptors (Lipinski definition) is 6. The van der Waals surface area contributed by atoms with E-state index in [2.05, 4.69) is 32.7 Å². The van der Waals surface area contributed by atoms with Crippen molar-refractivity contribution in [1.82, 2.24) is 14.9 Å². The third kappa shape index (κ3) is 5.53. The van der Waals surface area contributed by atoms with Gasteiger partial charge in [0.05, 0.1) is 16.4 Å². The number of fused-ring (bicyclic) bond motifs is 1. The summed E-state index contributed by atoms with van der Waals surface area (Å²) in [5, 5.41) is 4.59. The van der Waals surface area contributed by atoms with Crippen LogP contribution in [-0.4, -0.2) is 39.6 Å². The molecule has 162 valence electrons. The first-order valence-corrected chi connectivity index (χ1v) is 13.0. The lowest BCUT2D eigenvalue weighted by molar-refractivity contribution is -0.129. The van der Waals surface area contributed by atoms with E-state index in [1.54, 1.807) is 11.3 Å². The molecule has 0 aliphatic carbocycles. The van der Waals surface area contributed by atoms with Crippen molar-refractivity contribution in [3.63, 3.8) is 0 Å². The fourth-order valence-electron chi connectivity index (χ4n) is 3.30. The number of nitrogens with zero attached hydrogens (tertiary/aromatic N) is 2. The zero-order chi connectivity index (χ0) is 21.8. The third-order valence-electron chi connectivity index (χ3n) is 4.61. The van der Waals surface area contributed by atoms with E-state index in [1.807, 2.05) is 34.7 Å². The van der Waals surface area contributed by atoms with Crippen molar-refractivity contribution in [3.05, 3.63) is 39.1 Å². The largest absolute Gasteiger partial charge is 0.341 e. The maximum Gasteiger partial charge on any atom is 0.260 e. The van der Waals surface area contributed by atoms with Gasteiger partial charge in [0.2, 0.25) is 5.91 Å². The van der Waals surface area contributed by atoms with E-state index in [1.165, 1.54) is 23.1 Å². The topological polar surface area (TPSA) is 66.1 Å². The number of nitrogens with one attached hydrogen (secondary N) is 1. The van der Waals surface area contributed by atoms with Crippen LogP contribution in [0.2, 0.25) is 0 Å². The van der Waals surface area contributed by atoms with Crippen LogP contribution in [0.1, 0.15) is 45.7 Å². The maximum absolute atomic E-state index is 12.8. The van der Waals surface area contributed by atoms with Gasteiger partial charge in [-0.3, -0.25) is 9.59 Å². The summed E-state index contributed by atoms with van der Waals surface area (Å²) in [6, 6.07) is 4.00. The van der Waals surface area contributed by atoms with Gasteiger partial charge in [-0.15, -0.1) is 34.4 Å². The summed E-state index contributed by atoms with van der Waals surface area (Å²) in [6.07, 6.45) is 0. The molecule has 1 N–H and O–H groups in total. The van der Waals surface area contributed by atoms with Crippen LogP contribution in [0.25, 0.3) is 20.7 Å². The molecule has 3 heterocycles. The normalized spacial score (nSPS) is 12.8. The number of aromatic amines is 1. The Kier molecular flexibility index (Phi) is 7.76. The predicted octanol–water partition coefficient (Wildman–Crippen LogP) is 5.65. The molecule has 0 bridgehead atoms. The van der Waals surface area contributed by atoms with Gasteiger partial charge in [0.1, 0.15) is 10.7 Å². The highest BCUT2D eigenvalue weighted by atomic mass is 32.2. The van der Waals surface area contributed by atoms with Crippen LogP contribution in [0.5, 0.6) is 0 Å². The van der Waals surface area contributed by atoms with Crippen LogP contribution < -0.4 is 5.56 Å². The molecule has 0 unspecified atom stereocenters. The molecule has 0 aromatic carbocycles. The number of H-pyrrole nitrogens is 1. The van der Waals surface area contributed by atoms with Crippen molar-refractivity contribution in [2.45, 2.75) is 39.9 Å². The Morgan fingerprint density at radius 2 is 1.87 bits per heavy atom. The highest BCUT2D eigenvalue weighted by Crippen LogP contribution is 2.34. The maximum atomic E-state index is 12.8. The fraction of sp³-hybridized carbons (Fsp3) is 0.500. The lowest BCUT2D eigenvalue weighted by atomic mass is 10.1. The van der Waals surface area contributed by atoms with Gasteiger partial charge in [0, 0.05) is 28.9 Å². The monoisotopic (exact) mass is 463 g/mol. The second kappa shape index (κ2) is 10.1. The van der Waals surface area contributed by atoms with Crippen molar-refractivity contribution < 1.29 is 4.79 Å². The summed E-state index contributed by atoms with van der Waals surface area (Å²) in [5.74, 6) is 2.03. The van der Waals surface area contributed by atoms with Crippen molar-refractivity contribution >= 4 is 50.6 Å². The molecule has 1 amide bonds. The molecule has 1 atom stereocenters. The summed E-state index contributed by atoms with van der Waals surface area (Å²) >= 11 is 4.63. The number of thiophene rings is 2. The molecule has 0 fully saturated rings. The first kappa shape index (κ1) is 23.0. The summed E-state index contributed by atoms with van der Waals surface area (Å²) in [6.45, 7) is 12.1. The van der Waals surface area contributed by atoms with Crippen LogP contribution in [-0.2, 0) is 4.79 Å². The Balaban J connectivity index is 1.73. The molecule has 0 spiro atoms. The minimum Gasteiger partial charge on any atom is -0.341 e. The average Bonchev–Trinajstić information content (AvgIpc) is 3.33. The highest BCUT2D eigenvalue weighted by molar-refractivity contribution is 8.00. The summed E-state index contributed by atoms with van der Waals surface area (Å²) < 4.78 is 0. The second-order valence-electron chi connectivity index (χ2n) is 8.30. The summed E-state index contributed by atoms with van der Waals surface area (Å²) in [7, 11) is 0. The van der Waals surface area contributed by atoms with Crippen molar-refractivity contribution in [2.75, 3.05) is 18.8 Å². The Bertz CT molecular complexity index is 1030. The number of amides is 1. The quantitative estimate of drug-likeness (QED) is 0.445. The van der Waals surface area contributed by atoms with E-state index >= 15 is 0 Å². The molecule has 0 saturated heterocycles. The first-order valence-electron chi connectivity index (χ1n) is 10.2. The number of thioether (sulfide) groups is 1. The van der Waals surface area contributed by atoms with Gasteiger partial charge in [-0.25, -0.2) is 4.98 Å². The zero-order valence-corrected chi connectivity index (χ0v) is 20.5. The highest BCUT2D eigenvalue weighted by Gasteiger charge is 2.20. The lowest BCUT2D eigenvalue weighted by Gasteiger charge is -2.26. The molecule has 30 heavy (non-hydrogen) atoms. The Labute approximate surface area is 189 Å². The first-order chi connectivity index (χ1) is 14.3. The second-order valence-corrected chi connectivity index (χ2v) is 11.4. The molecule has 0 aliphatic rings. The minimum absolute atomic E-state index is 0.0710. The molecule has 0 radical (unpaired) electrons. The number of carbonyl (C=O) groups is 1. The predicted molar refractivity (Wildman–Crippen MR) is 131 cm³/mol. The van der Waals surface area contributed by atoms with E-state index in [9.17, 15) is 9.59 Å². The molecule has 5 nitrogen and oxygen atoms in total. The van der Waals surface area contributed by atoms with Gasteiger partial charge in [0.15, 0.2) is 0 Å². The van der Waals surface area contributed by atoms with Crippen molar-refractivity contribution in [1.29, 1.82) is 0 Å². The van der Waals surface area contributed by atoms with E-state index in [4.69, 9.17) is 4.98 Å². The molecular formula is C22H29N3O2S3. The summed E-state index contributed by atoms with van der Waals surface area (Å²) in [5.41, 5.74) is 0.832. The van der Waals surface area contributed by atoms with Crippen LogP contribution >= 0.6 is 34.4 Å². The summed E-state index contributed by atoms with van der Waals surface area (Å²) in [4.78, 5) is 37.0. The van der Waals surface area contributed by atoms with E-state index in [0.29, 0.717) is 28.8 Å². The smallest absolute Gasteiger partial charge is 0.260 e. The number of hydrogen-bond donors (Lipinski definition) is 1. The van der Waals surface area contributed by atoms with Crippen LogP contribution in [0, 0.1) is 11.8 Å². The Hall–Kier alpha value is -1.64. The van der Waals surface area contributed by atoms with Gasteiger partial charge in [-0.05, 0) is 30.2 Å². The molecule has 8 heteroatoms. The van der Waals surface area contributed by atoms with Crippen LogP contribution in [0.3, 0.4) is 0 Å². The molecule has 3 aromatic heterocycles. The number of aromatic nitrogens is 2. The van der Waals surface area contributed by atoms with E-state index in [0.717, 1.165) is 28.4 Å². The Morgan fingerprint density at radius 3 is 2.47 bits per heavy atom. The number of carbonyl (C=O) groups excluding carboxylic acids is 1. The van der Waals surface area contributed by atoms with E-state index in [-0.39, 0.29) is 16.7 Å². The van der Waals surface area contributed by atoms with Crippen LogP contribution in [0.15, 0.2) is 27.7 Å². The van der Waals surface area contributed by atoms with Crippen molar-refractivity contribution in [3.8, 4) is 10.4 Å². The Morgan fingerprint density at radius 1 is 1.17 bits per heavy atom. The average molecular weight is 464 g/mol.